The Kier molecular flexibility index (Phi) is 6.05. The van der Waals surface area contributed by atoms with Gasteiger partial charge in [-0.3, -0.25) is 14.9 Å². The fourth-order valence-electron chi connectivity index (χ4n) is 2.76. The molecule has 0 bridgehead atoms. The summed E-state index contributed by atoms with van der Waals surface area (Å²) in [5.74, 6) is 0.474. The molecule has 0 unspecified atom stereocenters. The van der Waals surface area contributed by atoms with E-state index in [0.717, 1.165) is 17.0 Å². The topological polar surface area (TPSA) is 103 Å². The summed E-state index contributed by atoms with van der Waals surface area (Å²) in [6, 6.07) is 14.0. The maximum Gasteiger partial charge on any atom is 0.292 e. The molecule has 1 heterocycles. The summed E-state index contributed by atoms with van der Waals surface area (Å²) in [7, 11) is 0. The van der Waals surface area contributed by atoms with Crippen molar-refractivity contribution in [3.05, 3.63) is 64.2 Å². The molecule has 0 aliphatic carbocycles. The standard InChI is InChI=1S/C19H19N5O3S/c1-3-23-18(14-9-5-4-8-13(14)2)21-22-19(23)28-12-17(25)20-15-10-6-7-11-16(15)24(26)27/h4-11H,3,12H2,1-2H3,(H,20,25). The van der Waals surface area contributed by atoms with Gasteiger partial charge in [-0.05, 0) is 25.5 Å². The number of nitrogens with one attached hydrogen (secondary N) is 1. The number of anilines is 1. The van der Waals surface area contributed by atoms with Crippen LogP contribution in [0.15, 0.2) is 53.7 Å². The van der Waals surface area contributed by atoms with Crippen molar-refractivity contribution in [2.75, 3.05) is 11.1 Å². The first-order valence-corrected chi connectivity index (χ1v) is 9.65. The highest BCUT2D eigenvalue weighted by molar-refractivity contribution is 7.99. The number of nitrogens with zero attached hydrogens (tertiary/aromatic N) is 4. The van der Waals surface area contributed by atoms with E-state index < -0.39 is 4.92 Å². The molecule has 1 aromatic heterocycles. The van der Waals surface area contributed by atoms with E-state index in [-0.39, 0.29) is 23.0 Å². The minimum absolute atomic E-state index is 0.0674. The molecule has 0 aliphatic heterocycles. The van der Waals surface area contributed by atoms with Crippen molar-refractivity contribution < 1.29 is 9.72 Å². The molecule has 0 radical (unpaired) electrons. The van der Waals surface area contributed by atoms with E-state index in [1.807, 2.05) is 42.7 Å². The van der Waals surface area contributed by atoms with Crippen LogP contribution in [0, 0.1) is 17.0 Å². The van der Waals surface area contributed by atoms with Gasteiger partial charge in [0.15, 0.2) is 11.0 Å². The molecule has 1 amide bonds. The average Bonchev–Trinajstić information content (AvgIpc) is 3.09. The lowest BCUT2D eigenvalue weighted by Gasteiger charge is -2.09. The van der Waals surface area contributed by atoms with Gasteiger partial charge in [-0.15, -0.1) is 10.2 Å². The molecule has 0 spiro atoms. The monoisotopic (exact) mass is 397 g/mol. The highest BCUT2D eigenvalue weighted by Gasteiger charge is 2.18. The van der Waals surface area contributed by atoms with Crippen molar-refractivity contribution in [3.8, 4) is 11.4 Å². The molecule has 0 saturated carbocycles. The van der Waals surface area contributed by atoms with Gasteiger partial charge in [0, 0.05) is 18.2 Å². The number of aromatic nitrogens is 3. The van der Waals surface area contributed by atoms with Gasteiger partial charge in [0.2, 0.25) is 5.91 Å². The number of para-hydroxylation sites is 2. The summed E-state index contributed by atoms with van der Waals surface area (Å²) in [5.41, 5.74) is 2.12. The van der Waals surface area contributed by atoms with E-state index in [9.17, 15) is 14.9 Å². The summed E-state index contributed by atoms with van der Waals surface area (Å²) < 4.78 is 1.95. The first-order chi connectivity index (χ1) is 13.5. The maximum absolute atomic E-state index is 12.3. The van der Waals surface area contributed by atoms with Crippen LogP contribution >= 0.6 is 11.8 Å². The van der Waals surface area contributed by atoms with Crippen LogP contribution < -0.4 is 5.32 Å². The average molecular weight is 397 g/mol. The Labute approximate surface area is 166 Å². The SMILES string of the molecule is CCn1c(SCC(=O)Nc2ccccc2[N+](=O)[O-])nnc1-c1ccccc1C. The van der Waals surface area contributed by atoms with Crippen LogP contribution in [0.25, 0.3) is 11.4 Å². The van der Waals surface area contributed by atoms with Gasteiger partial charge in [0.1, 0.15) is 5.69 Å². The molecule has 0 atom stereocenters. The molecule has 0 aliphatic rings. The quantitative estimate of drug-likeness (QED) is 0.368. The molecule has 28 heavy (non-hydrogen) atoms. The zero-order chi connectivity index (χ0) is 20.1. The van der Waals surface area contributed by atoms with Gasteiger partial charge < -0.3 is 9.88 Å². The van der Waals surface area contributed by atoms with Gasteiger partial charge >= 0.3 is 0 Å². The second-order valence-electron chi connectivity index (χ2n) is 5.98. The van der Waals surface area contributed by atoms with E-state index in [1.165, 1.54) is 23.9 Å². The Morgan fingerprint density at radius 2 is 1.89 bits per heavy atom. The number of rotatable bonds is 7. The maximum atomic E-state index is 12.3. The van der Waals surface area contributed by atoms with Crippen molar-refractivity contribution in [3.63, 3.8) is 0 Å². The van der Waals surface area contributed by atoms with Crippen LogP contribution in [0.1, 0.15) is 12.5 Å². The number of aryl methyl sites for hydroxylation is 1. The van der Waals surface area contributed by atoms with Gasteiger partial charge in [-0.2, -0.15) is 0 Å². The van der Waals surface area contributed by atoms with Crippen LogP contribution in [0.5, 0.6) is 0 Å². The third-order valence-electron chi connectivity index (χ3n) is 4.13. The normalized spacial score (nSPS) is 10.6. The fraction of sp³-hybridized carbons (Fsp3) is 0.211. The summed E-state index contributed by atoms with van der Waals surface area (Å²) in [4.78, 5) is 22.8. The highest BCUT2D eigenvalue weighted by atomic mass is 32.2. The van der Waals surface area contributed by atoms with Gasteiger partial charge in [-0.1, -0.05) is 48.2 Å². The lowest BCUT2D eigenvalue weighted by atomic mass is 10.1. The number of carbonyl (C=O) groups excluding carboxylic acids is 1. The fourth-order valence-corrected chi connectivity index (χ4v) is 3.56. The molecule has 0 fully saturated rings. The predicted molar refractivity (Wildman–Crippen MR) is 108 cm³/mol. The summed E-state index contributed by atoms with van der Waals surface area (Å²) >= 11 is 1.24. The van der Waals surface area contributed by atoms with Gasteiger partial charge in [0.05, 0.1) is 10.7 Å². The number of benzene rings is 2. The van der Waals surface area contributed by atoms with Crippen molar-refractivity contribution in [1.82, 2.24) is 14.8 Å². The minimum Gasteiger partial charge on any atom is -0.320 e. The molecule has 3 aromatic rings. The lowest BCUT2D eigenvalue weighted by molar-refractivity contribution is -0.383. The van der Waals surface area contributed by atoms with E-state index in [2.05, 4.69) is 15.5 Å². The number of nitro benzene ring substituents is 1. The Morgan fingerprint density at radius 1 is 1.18 bits per heavy atom. The molecule has 144 valence electrons. The van der Waals surface area contributed by atoms with Crippen LogP contribution in [0.2, 0.25) is 0 Å². The number of carbonyl (C=O) groups is 1. The van der Waals surface area contributed by atoms with Crippen molar-refractivity contribution >= 4 is 29.0 Å². The molecule has 2 aromatic carbocycles. The second-order valence-corrected chi connectivity index (χ2v) is 6.92. The number of thioether (sulfide) groups is 1. The summed E-state index contributed by atoms with van der Waals surface area (Å²) in [5, 5.41) is 22.8. The summed E-state index contributed by atoms with van der Waals surface area (Å²) in [6.45, 7) is 4.66. The van der Waals surface area contributed by atoms with Gasteiger partial charge in [-0.25, -0.2) is 0 Å². The van der Waals surface area contributed by atoms with Crippen molar-refractivity contribution in [2.45, 2.75) is 25.5 Å². The van der Waals surface area contributed by atoms with Crippen molar-refractivity contribution in [2.24, 2.45) is 0 Å². The van der Waals surface area contributed by atoms with E-state index >= 15 is 0 Å². The first kappa shape index (κ1) is 19.6. The minimum atomic E-state index is -0.523. The van der Waals surface area contributed by atoms with E-state index in [4.69, 9.17) is 0 Å². The van der Waals surface area contributed by atoms with Crippen molar-refractivity contribution in [1.29, 1.82) is 0 Å². The Morgan fingerprint density at radius 3 is 2.61 bits per heavy atom. The zero-order valence-corrected chi connectivity index (χ0v) is 16.3. The molecular weight excluding hydrogens is 378 g/mol. The molecule has 1 N–H and O–H groups in total. The smallest absolute Gasteiger partial charge is 0.292 e. The first-order valence-electron chi connectivity index (χ1n) is 8.66. The third-order valence-corrected chi connectivity index (χ3v) is 5.09. The molecule has 3 rings (SSSR count). The zero-order valence-electron chi connectivity index (χ0n) is 15.5. The highest BCUT2D eigenvalue weighted by Crippen LogP contribution is 2.27. The number of amides is 1. The summed E-state index contributed by atoms with van der Waals surface area (Å²) in [6.07, 6.45) is 0. The largest absolute Gasteiger partial charge is 0.320 e. The Balaban J connectivity index is 1.73. The lowest BCUT2D eigenvalue weighted by Crippen LogP contribution is -2.15. The number of hydrogen-bond donors (Lipinski definition) is 1. The molecular formula is C19H19N5O3S. The molecule has 8 nitrogen and oxygen atoms in total. The van der Waals surface area contributed by atoms with Crippen LogP contribution in [0.3, 0.4) is 0 Å². The predicted octanol–water partition coefficient (Wildman–Crippen LogP) is 3.91. The van der Waals surface area contributed by atoms with Crippen LogP contribution in [-0.2, 0) is 11.3 Å². The van der Waals surface area contributed by atoms with Crippen LogP contribution in [0.4, 0.5) is 11.4 Å². The Hall–Kier alpha value is -3.20. The van der Waals surface area contributed by atoms with E-state index in [1.54, 1.807) is 12.1 Å². The molecule has 0 saturated heterocycles. The van der Waals surface area contributed by atoms with Gasteiger partial charge in [0.25, 0.3) is 5.69 Å². The number of hydrogen-bond acceptors (Lipinski definition) is 6. The second kappa shape index (κ2) is 8.66. The number of nitro groups is 1. The van der Waals surface area contributed by atoms with Crippen LogP contribution in [-0.4, -0.2) is 31.3 Å². The van der Waals surface area contributed by atoms with E-state index in [0.29, 0.717) is 11.7 Å². The molecule has 9 heteroatoms. The Bertz CT molecular complexity index is 1020. The third kappa shape index (κ3) is 4.20.